The highest BCUT2D eigenvalue weighted by molar-refractivity contribution is 6.06. The molecule has 1 aliphatic carbocycles. The van der Waals surface area contributed by atoms with Crippen LogP contribution < -0.4 is 14.8 Å². The first-order chi connectivity index (χ1) is 12.5. The van der Waals surface area contributed by atoms with Gasteiger partial charge >= 0.3 is 5.97 Å². The minimum absolute atomic E-state index is 0.0952. The van der Waals surface area contributed by atoms with Gasteiger partial charge in [-0.2, -0.15) is 0 Å². The number of methoxy groups -OCH3 is 1. The number of amides is 1. The molecule has 1 fully saturated rings. The molecule has 0 unspecified atom stereocenters. The number of aliphatic carboxylic acids is 1. The number of hydrogen-bond donors (Lipinski definition) is 2. The highest BCUT2D eigenvalue weighted by Gasteiger charge is 2.23. The molecule has 6 heteroatoms. The predicted octanol–water partition coefficient (Wildman–Crippen LogP) is 3.36. The highest BCUT2D eigenvalue weighted by atomic mass is 16.5. The van der Waals surface area contributed by atoms with E-state index in [2.05, 4.69) is 5.32 Å². The summed E-state index contributed by atoms with van der Waals surface area (Å²) in [5.74, 6) is 0.432. The van der Waals surface area contributed by atoms with E-state index in [0.717, 1.165) is 12.8 Å². The molecule has 3 rings (SSSR count). The normalized spacial score (nSPS) is 13.1. The molecule has 0 aromatic heterocycles. The quantitative estimate of drug-likeness (QED) is 0.758. The molecule has 1 aliphatic rings. The van der Waals surface area contributed by atoms with E-state index in [1.807, 2.05) is 0 Å². The van der Waals surface area contributed by atoms with Crippen LogP contribution in [-0.4, -0.2) is 30.7 Å². The first-order valence-electron chi connectivity index (χ1n) is 8.48. The zero-order chi connectivity index (χ0) is 18.5. The summed E-state index contributed by atoms with van der Waals surface area (Å²) >= 11 is 0. The maximum absolute atomic E-state index is 12.7. The smallest absolute Gasteiger partial charge is 0.307 e. The van der Waals surface area contributed by atoms with Crippen LogP contribution in [0.3, 0.4) is 0 Å². The summed E-state index contributed by atoms with van der Waals surface area (Å²) in [7, 11) is 1.56. The van der Waals surface area contributed by atoms with Gasteiger partial charge in [0.2, 0.25) is 0 Å². The van der Waals surface area contributed by atoms with E-state index < -0.39 is 5.97 Å². The van der Waals surface area contributed by atoms with Crippen LogP contribution in [0.25, 0.3) is 0 Å². The van der Waals surface area contributed by atoms with Gasteiger partial charge in [-0.05, 0) is 48.6 Å². The molecule has 2 aromatic carbocycles. The van der Waals surface area contributed by atoms with Crippen LogP contribution in [0, 0.1) is 5.92 Å². The molecule has 136 valence electrons. The van der Waals surface area contributed by atoms with Crippen LogP contribution >= 0.6 is 0 Å². The number of carboxylic acids is 1. The second-order valence-electron chi connectivity index (χ2n) is 6.34. The van der Waals surface area contributed by atoms with Crippen LogP contribution in [0.1, 0.15) is 28.8 Å². The molecule has 0 bridgehead atoms. The van der Waals surface area contributed by atoms with Crippen LogP contribution in [0.2, 0.25) is 0 Å². The number of carboxylic acid groups (broad SMARTS) is 1. The number of anilines is 1. The lowest BCUT2D eigenvalue weighted by Gasteiger charge is -2.13. The van der Waals surface area contributed by atoms with Crippen molar-refractivity contribution in [3.05, 3.63) is 53.6 Å². The SMILES string of the molecule is COc1ccc(C(=O)Nc2cccc(CC(=O)O)c2)c(OCC2CC2)c1. The molecule has 0 heterocycles. The average Bonchev–Trinajstić information content (AvgIpc) is 3.43. The van der Waals surface area contributed by atoms with Crippen LogP contribution in [-0.2, 0) is 11.2 Å². The Balaban J connectivity index is 1.76. The summed E-state index contributed by atoms with van der Waals surface area (Å²) in [6.07, 6.45) is 2.21. The molecule has 0 saturated heterocycles. The lowest BCUT2D eigenvalue weighted by Crippen LogP contribution is -2.14. The molecule has 6 nitrogen and oxygen atoms in total. The Morgan fingerprint density at radius 1 is 1.19 bits per heavy atom. The fourth-order valence-corrected chi connectivity index (χ4v) is 2.56. The summed E-state index contributed by atoms with van der Waals surface area (Å²) < 4.78 is 11.0. The van der Waals surface area contributed by atoms with Crippen molar-refractivity contribution in [2.45, 2.75) is 19.3 Å². The second kappa shape index (κ2) is 7.91. The molecular weight excluding hydrogens is 334 g/mol. The minimum Gasteiger partial charge on any atom is -0.497 e. The molecule has 2 aromatic rings. The van der Waals surface area contributed by atoms with E-state index in [-0.39, 0.29) is 12.3 Å². The topological polar surface area (TPSA) is 84.9 Å². The van der Waals surface area contributed by atoms with E-state index in [1.165, 1.54) is 0 Å². The van der Waals surface area contributed by atoms with E-state index in [4.69, 9.17) is 14.6 Å². The Morgan fingerprint density at radius 2 is 2.00 bits per heavy atom. The van der Waals surface area contributed by atoms with Gasteiger partial charge in [0.1, 0.15) is 11.5 Å². The van der Waals surface area contributed by atoms with Crippen molar-refractivity contribution in [3.8, 4) is 11.5 Å². The molecule has 26 heavy (non-hydrogen) atoms. The van der Waals surface area contributed by atoms with Gasteiger partial charge in [-0.25, -0.2) is 0 Å². The number of carbonyl (C=O) groups excluding carboxylic acids is 1. The molecule has 2 N–H and O–H groups in total. The molecule has 1 saturated carbocycles. The zero-order valence-electron chi connectivity index (χ0n) is 14.5. The van der Waals surface area contributed by atoms with Crippen molar-refractivity contribution in [3.63, 3.8) is 0 Å². The number of ether oxygens (including phenoxy) is 2. The van der Waals surface area contributed by atoms with Crippen LogP contribution in [0.4, 0.5) is 5.69 Å². The Kier molecular flexibility index (Phi) is 5.41. The van der Waals surface area contributed by atoms with Crippen molar-refractivity contribution >= 4 is 17.6 Å². The molecule has 0 aliphatic heterocycles. The predicted molar refractivity (Wildman–Crippen MR) is 96.9 cm³/mol. The lowest BCUT2D eigenvalue weighted by atomic mass is 10.1. The Labute approximate surface area is 151 Å². The molecule has 1 amide bonds. The van der Waals surface area contributed by atoms with Gasteiger partial charge in [-0.3, -0.25) is 9.59 Å². The Hall–Kier alpha value is -3.02. The third kappa shape index (κ3) is 4.75. The lowest BCUT2D eigenvalue weighted by molar-refractivity contribution is -0.136. The van der Waals surface area contributed by atoms with Crippen LogP contribution in [0.5, 0.6) is 11.5 Å². The molecule has 0 radical (unpaired) electrons. The summed E-state index contributed by atoms with van der Waals surface area (Å²) in [6.45, 7) is 0.585. The van der Waals surface area contributed by atoms with Gasteiger partial charge in [0.05, 0.1) is 25.7 Å². The van der Waals surface area contributed by atoms with Gasteiger partial charge in [0.15, 0.2) is 0 Å². The standard InChI is InChI=1S/C20H21NO5/c1-25-16-7-8-17(18(11-16)26-12-13-5-6-13)20(24)21-15-4-2-3-14(9-15)10-19(22)23/h2-4,7-9,11,13H,5-6,10,12H2,1H3,(H,21,24)(H,22,23). The van der Waals surface area contributed by atoms with Crippen LogP contribution in [0.15, 0.2) is 42.5 Å². The monoisotopic (exact) mass is 355 g/mol. The van der Waals surface area contributed by atoms with E-state index in [1.54, 1.807) is 49.6 Å². The Bertz CT molecular complexity index is 814. The van der Waals surface area contributed by atoms with Crippen molar-refractivity contribution in [1.82, 2.24) is 0 Å². The highest BCUT2D eigenvalue weighted by Crippen LogP contribution is 2.32. The maximum Gasteiger partial charge on any atom is 0.307 e. The summed E-state index contributed by atoms with van der Waals surface area (Å²) in [5, 5.41) is 11.7. The third-order valence-electron chi connectivity index (χ3n) is 4.15. The van der Waals surface area contributed by atoms with E-state index >= 15 is 0 Å². The number of nitrogens with one attached hydrogen (secondary N) is 1. The third-order valence-corrected chi connectivity index (χ3v) is 4.15. The number of benzene rings is 2. The second-order valence-corrected chi connectivity index (χ2v) is 6.34. The first-order valence-corrected chi connectivity index (χ1v) is 8.48. The summed E-state index contributed by atoms with van der Waals surface area (Å²) in [6, 6.07) is 11.9. The van der Waals surface area contributed by atoms with Gasteiger partial charge in [0, 0.05) is 11.8 Å². The van der Waals surface area contributed by atoms with Crippen molar-refractivity contribution in [1.29, 1.82) is 0 Å². The minimum atomic E-state index is -0.917. The zero-order valence-corrected chi connectivity index (χ0v) is 14.5. The van der Waals surface area contributed by atoms with Gasteiger partial charge in [-0.1, -0.05) is 12.1 Å². The fourth-order valence-electron chi connectivity index (χ4n) is 2.56. The number of rotatable bonds is 8. The van der Waals surface area contributed by atoms with Gasteiger partial charge in [0.25, 0.3) is 5.91 Å². The Morgan fingerprint density at radius 3 is 2.69 bits per heavy atom. The van der Waals surface area contributed by atoms with E-state index in [9.17, 15) is 9.59 Å². The molecule has 0 atom stereocenters. The van der Waals surface area contributed by atoms with Gasteiger partial charge in [-0.15, -0.1) is 0 Å². The van der Waals surface area contributed by atoms with Crippen molar-refractivity contribution in [2.24, 2.45) is 5.92 Å². The van der Waals surface area contributed by atoms with Crippen molar-refractivity contribution in [2.75, 3.05) is 19.0 Å². The summed E-state index contributed by atoms with van der Waals surface area (Å²) in [5.41, 5.74) is 1.57. The number of carbonyl (C=O) groups is 2. The average molecular weight is 355 g/mol. The first kappa shape index (κ1) is 17.8. The molecular formula is C20H21NO5. The van der Waals surface area contributed by atoms with Gasteiger partial charge < -0.3 is 19.9 Å². The summed E-state index contributed by atoms with van der Waals surface area (Å²) in [4.78, 5) is 23.5. The molecule has 0 spiro atoms. The van der Waals surface area contributed by atoms with Crippen molar-refractivity contribution < 1.29 is 24.2 Å². The fraction of sp³-hybridized carbons (Fsp3) is 0.300. The largest absolute Gasteiger partial charge is 0.497 e. The van der Waals surface area contributed by atoms with E-state index in [0.29, 0.717) is 40.8 Å². The number of hydrogen-bond acceptors (Lipinski definition) is 4. The maximum atomic E-state index is 12.7.